The molecule has 0 saturated heterocycles. The summed E-state index contributed by atoms with van der Waals surface area (Å²) in [5, 5.41) is 12.9. The molecule has 1 aromatic rings. The second-order valence-corrected chi connectivity index (χ2v) is 4.91. The SMILES string of the molecule is CCCCNC(C(=O)O)(c1ccccc1)C(C)C. The number of hydrogen-bond acceptors (Lipinski definition) is 2. The van der Waals surface area contributed by atoms with E-state index in [2.05, 4.69) is 12.2 Å². The maximum Gasteiger partial charge on any atom is 0.328 e. The van der Waals surface area contributed by atoms with Crippen LogP contribution < -0.4 is 5.32 Å². The van der Waals surface area contributed by atoms with Gasteiger partial charge in [0.1, 0.15) is 5.54 Å². The first-order valence-electron chi connectivity index (χ1n) is 6.59. The average molecular weight is 249 g/mol. The minimum Gasteiger partial charge on any atom is -0.480 e. The molecule has 100 valence electrons. The van der Waals surface area contributed by atoms with Crippen molar-refractivity contribution in [2.45, 2.75) is 39.2 Å². The number of carboxylic acid groups (broad SMARTS) is 1. The van der Waals surface area contributed by atoms with Gasteiger partial charge in [-0.25, -0.2) is 4.79 Å². The van der Waals surface area contributed by atoms with E-state index < -0.39 is 11.5 Å². The minimum atomic E-state index is -0.990. The van der Waals surface area contributed by atoms with Gasteiger partial charge < -0.3 is 5.11 Å². The lowest BCUT2D eigenvalue weighted by atomic mass is 9.79. The molecular weight excluding hydrogens is 226 g/mol. The Morgan fingerprint density at radius 3 is 2.39 bits per heavy atom. The fourth-order valence-electron chi connectivity index (χ4n) is 2.25. The highest BCUT2D eigenvalue weighted by Crippen LogP contribution is 2.30. The lowest BCUT2D eigenvalue weighted by Gasteiger charge is -2.35. The molecule has 1 aromatic carbocycles. The Morgan fingerprint density at radius 2 is 1.94 bits per heavy atom. The molecule has 0 heterocycles. The van der Waals surface area contributed by atoms with E-state index in [0.29, 0.717) is 0 Å². The summed E-state index contributed by atoms with van der Waals surface area (Å²) in [7, 11) is 0. The number of carboxylic acids is 1. The summed E-state index contributed by atoms with van der Waals surface area (Å²) in [5.41, 5.74) is -0.167. The third-order valence-electron chi connectivity index (χ3n) is 3.37. The topological polar surface area (TPSA) is 49.3 Å². The van der Waals surface area contributed by atoms with E-state index in [9.17, 15) is 9.90 Å². The third-order valence-corrected chi connectivity index (χ3v) is 3.37. The Balaban J connectivity index is 3.10. The number of hydrogen-bond donors (Lipinski definition) is 2. The van der Waals surface area contributed by atoms with Crippen LogP contribution in [0.2, 0.25) is 0 Å². The molecule has 1 unspecified atom stereocenters. The molecule has 1 rings (SSSR count). The van der Waals surface area contributed by atoms with Gasteiger partial charge in [-0.1, -0.05) is 57.5 Å². The molecular formula is C15H23NO2. The quantitative estimate of drug-likeness (QED) is 0.730. The van der Waals surface area contributed by atoms with Gasteiger partial charge in [-0.3, -0.25) is 5.32 Å². The largest absolute Gasteiger partial charge is 0.480 e. The van der Waals surface area contributed by atoms with Crippen molar-refractivity contribution in [3.63, 3.8) is 0 Å². The van der Waals surface area contributed by atoms with Crippen LogP contribution in [0.5, 0.6) is 0 Å². The van der Waals surface area contributed by atoms with Crippen LogP contribution in [-0.2, 0) is 10.3 Å². The summed E-state index contributed by atoms with van der Waals surface area (Å²) in [6.07, 6.45) is 2.03. The van der Waals surface area contributed by atoms with Gasteiger partial charge in [0.05, 0.1) is 0 Å². The zero-order valence-corrected chi connectivity index (χ0v) is 11.4. The van der Waals surface area contributed by atoms with Crippen LogP contribution >= 0.6 is 0 Å². The summed E-state index contributed by atoms with van der Waals surface area (Å²) < 4.78 is 0. The highest BCUT2D eigenvalue weighted by molar-refractivity contribution is 5.81. The Labute approximate surface area is 109 Å². The lowest BCUT2D eigenvalue weighted by Crippen LogP contribution is -2.53. The molecule has 1 atom stereocenters. The van der Waals surface area contributed by atoms with Gasteiger partial charge in [-0.2, -0.15) is 0 Å². The fourth-order valence-corrected chi connectivity index (χ4v) is 2.25. The fraction of sp³-hybridized carbons (Fsp3) is 0.533. The van der Waals surface area contributed by atoms with E-state index in [4.69, 9.17) is 0 Å². The van der Waals surface area contributed by atoms with Gasteiger partial charge in [-0.15, -0.1) is 0 Å². The van der Waals surface area contributed by atoms with Crippen molar-refractivity contribution in [2.75, 3.05) is 6.54 Å². The van der Waals surface area contributed by atoms with Crippen LogP contribution in [-0.4, -0.2) is 17.6 Å². The Kier molecular flexibility index (Phi) is 5.35. The third kappa shape index (κ3) is 2.91. The van der Waals surface area contributed by atoms with Crippen LogP contribution in [0, 0.1) is 5.92 Å². The maximum atomic E-state index is 11.8. The molecule has 0 radical (unpaired) electrons. The molecule has 0 aliphatic heterocycles. The van der Waals surface area contributed by atoms with Crippen molar-refractivity contribution in [3.05, 3.63) is 35.9 Å². The van der Waals surface area contributed by atoms with Crippen LogP contribution in [0.4, 0.5) is 0 Å². The standard InChI is InChI=1S/C15H23NO2/c1-4-5-11-16-15(12(2)3,14(17)18)13-9-7-6-8-10-13/h6-10,12,16H,4-5,11H2,1-3H3,(H,17,18). The molecule has 0 saturated carbocycles. The van der Waals surface area contributed by atoms with Crippen LogP contribution in [0.15, 0.2) is 30.3 Å². The van der Waals surface area contributed by atoms with E-state index >= 15 is 0 Å². The Morgan fingerprint density at radius 1 is 1.33 bits per heavy atom. The molecule has 0 bridgehead atoms. The summed E-state index contributed by atoms with van der Waals surface area (Å²) >= 11 is 0. The second kappa shape index (κ2) is 6.55. The van der Waals surface area contributed by atoms with Crippen LogP contribution in [0.25, 0.3) is 0 Å². The molecule has 18 heavy (non-hydrogen) atoms. The van der Waals surface area contributed by atoms with Crippen molar-refractivity contribution < 1.29 is 9.90 Å². The molecule has 0 aliphatic rings. The number of unbranched alkanes of at least 4 members (excludes halogenated alkanes) is 1. The molecule has 0 spiro atoms. The predicted molar refractivity (Wildman–Crippen MR) is 73.5 cm³/mol. The smallest absolute Gasteiger partial charge is 0.328 e. The van der Waals surface area contributed by atoms with Gasteiger partial charge in [0, 0.05) is 0 Å². The predicted octanol–water partition coefficient (Wildman–Crippen LogP) is 3.01. The summed E-state index contributed by atoms with van der Waals surface area (Å²) in [6, 6.07) is 9.44. The van der Waals surface area contributed by atoms with Gasteiger partial charge in [0.2, 0.25) is 0 Å². The van der Waals surface area contributed by atoms with Gasteiger partial charge in [-0.05, 0) is 24.4 Å². The summed E-state index contributed by atoms with van der Waals surface area (Å²) in [6.45, 7) is 6.71. The number of rotatable bonds is 7. The number of nitrogens with one attached hydrogen (secondary N) is 1. The normalized spacial score (nSPS) is 14.4. The van der Waals surface area contributed by atoms with Gasteiger partial charge in [0.25, 0.3) is 0 Å². The average Bonchev–Trinajstić information content (AvgIpc) is 2.35. The van der Waals surface area contributed by atoms with Crippen molar-refractivity contribution in [2.24, 2.45) is 5.92 Å². The first-order chi connectivity index (χ1) is 8.55. The summed E-state index contributed by atoms with van der Waals surface area (Å²) in [5.74, 6) is -0.825. The second-order valence-electron chi connectivity index (χ2n) is 4.91. The van der Waals surface area contributed by atoms with Crippen molar-refractivity contribution in [3.8, 4) is 0 Å². The minimum absolute atomic E-state index is 0.0192. The molecule has 3 nitrogen and oxygen atoms in total. The summed E-state index contributed by atoms with van der Waals surface area (Å²) in [4.78, 5) is 11.8. The van der Waals surface area contributed by atoms with Crippen molar-refractivity contribution in [1.82, 2.24) is 5.32 Å². The molecule has 2 N–H and O–H groups in total. The number of benzene rings is 1. The molecule has 0 amide bonds. The van der Waals surface area contributed by atoms with Crippen LogP contribution in [0.3, 0.4) is 0 Å². The molecule has 0 aliphatic carbocycles. The molecule has 3 heteroatoms. The van der Waals surface area contributed by atoms with E-state index in [1.165, 1.54) is 0 Å². The highest BCUT2D eigenvalue weighted by atomic mass is 16.4. The van der Waals surface area contributed by atoms with E-state index in [1.54, 1.807) is 0 Å². The number of carbonyl (C=O) groups is 1. The molecule has 0 fully saturated rings. The van der Waals surface area contributed by atoms with Gasteiger partial charge >= 0.3 is 5.97 Å². The van der Waals surface area contributed by atoms with Crippen molar-refractivity contribution >= 4 is 5.97 Å². The van der Waals surface area contributed by atoms with Gasteiger partial charge in [0.15, 0.2) is 0 Å². The van der Waals surface area contributed by atoms with E-state index in [0.717, 1.165) is 24.9 Å². The molecule has 0 aromatic heterocycles. The highest BCUT2D eigenvalue weighted by Gasteiger charge is 2.42. The zero-order chi connectivity index (χ0) is 13.6. The monoisotopic (exact) mass is 249 g/mol. The van der Waals surface area contributed by atoms with Crippen LogP contribution in [0.1, 0.15) is 39.2 Å². The van der Waals surface area contributed by atoms with E-state index in [-0.39, 0.29) is 5.92 Å². The number of aliphatic carboxylic acids is 1. The maximum absolute atomic E-state index is 11.8. The Hall–Kier alpha value is -1.35. The lowest BCUT2D eigenvalue weighted by molar-refractivity contribution is -0.147. The Bertz CT molecular complexity index is 375. The first-order valence-corrected chi connectivity index (χ1v) is 6.59. The zero-order valence-electron chi connectivity index (χ0n) is 11.4. The van der Waals surface area contributed by atoms with E-state index in [1.807, 2.05) is 44.2 Å². The first kappa shape index (κ1) is 14.7. The van der Waals surface area contributed by atoms with Crippen molar-refractivity contribution in [1.29, 1.82) is 0 Å².